The maximum atomic E-state index is 8.87. The molecule has 1 aromatic carbocycles. The SMILES string of the molecule is CCc1cc(Cl)cc(B(O)O)c1. The number of aryl methyl sites for hydroxylation is 1. The van der Waals surface area contributed by atoms with Gasteiger partial charge in [0.15, 0.2) is 0 Å². The molecule has 0 aromatic heterocycles. The van der Waals surface area contributed by atoms with Gasteiger partial charge in [0, 0.05) is 5.02 Å². The molecule has 1 rings (SSSR count). The summed E-state index contributed by atoms with van der Waals surface area (Å²) in [6.07, 6.45) is 0.834. The molecule has 0 aliphatic heterocycles. The zero-order valence-corrected chi connectivity index (χ0v) is 7.54. The summed E-state index contributed by atoms with van der Waals surface area (Å²) < 4.78 is 0. The molecule has 0 unspecified atom stereocenters. The second-order valence-corrected chi connectivity index (χ2v) is 3.06. The lowest BCUT2D eigenvalue weighted by Crippen LogP contribution is -2.30. The largest absolute Gasteiger partial charge is 0.488 e. The van der Waals surface area contributed by atoms with E-state index in [1.807, 2.05) is 13.0 Å². The first-order chi connectivity index (χ1) is 5.63. The van der Waals surface area contributed by atoms with Gasteiger partial charge in [0.05, 0.1) is 0 Å². The highest BCUT2D eigenvalue weighted by molar-refractivity contribution is 6.59. The molecule has 12 heavy (non-hydrogen) atoms. The molecular formula is C8H10BClO2. The van der Waals surface area contributed by atoms with E-state index in [-0.39, 0.29) is 0 Å². The van der Waals surface area contributed by atoms with Crippen LogP contribution in [0.1, 0.15) is 12.5 Å². The summed E-state index contributed by atoms with van der Waals surface area (Å²) in [6, 6.07) is 5.09. The molecule has 0 radical (unpaired) electrons. The summed E-state index contributed by atoms with van der Waals surface area (Å²) in [5.74, 6) is 0. The van der Waals surface area contributed by atoms with E-state index in [2.05, 4.69) is 0 Å². The fourth-order valence-corrected chi connectivity index (χ4v) is 1.29. The second-order valence-electron chi connectivity index (χ2n) is 2.62. The topological polar surface area (TPSA) is 40.5 Å². The predicted molar refractivity (Wildman–Crippen MR) is 50.7 cm³/mol. The van der Waals surface area contributed by atoms with Crippen molar-refractivity contribution in [3.63, 3.8) is 0 Å². The lowest BCUT2D eigenvalue weighted by atomic mass is 9.79. The van der Waals surface area contributed by atoms with Gasteiger partial charge in [-0.15, -0.1) is 0 Å². The Balaban J connectivity index is 3.06. The zero-order chi connectivity index (χ0) is 9.14. The molecule has 64 valence electrons. The molecule has 0 saturated heterocycles. The van der Waals surface area contributed by atoms with E-state index in [9.17, 15) is 0 Å². The van der Waals surface area contributed by atoms with Gasteiger partial charge in [0.2, 0.25) is 0 Å². The van der Waals surface area contributed by atoms with Crippen LogP contribution < -0.4 is 5.46 Å². The van der Waals surface area contributed by atoms with Gasteiger partial charge in [-0.1, -0.05) is 24.6 Å². The normalized spacial score (nSPS) is 10.0. The fraction of sp³-hybridized carbons (Fsp3) is 0.250. The Morgan fingerprint density at radius 2 is 2.00 bits per heavy atom. The van der Waals surface area contributed by atoms with Crippen molar-refractivity contribution in [1.82, 2.24) is 0 Å². The number of hydrogen-bond acceptors (Lipinski definition) is 2. The van der Waals surface area contributed by atoms with Gasteiger partial charge in [-0.05, 0) is 29.6 Å². The van der Waals surface area contributed by atoms with E-state index in [1.165, 1.54) is 0 Å². The molecule has 1 aromatic rings. The van der Waals surface area contributed by atoms with Gasteiger partial charge < -0.3 is 10.0 Å². The zero-order valence-electron chi connectivity index (χ0n) is 6.79. The predicted octanol–water partition coefficient (Wildman–Crippen LogP) is 0.582. The molecule has 0 fully saturated rings. The van der Waals surface area contributed by atoms with E-state index < -0.39 is 7.12 Å². The maximum Gasteiger partial charge on any atom is 0.488 e. The summed E-state index contributed by atoms with van der Waals surface area (Å²) in [5.41, 5.74) is 1.45. The molecule has 2 N–H and O–H groups in total. The van der Waals surface area contributed by atoms with E-state index in [0.717, 1.165) is 12.0 Å². The second kappa shape index (κ2) is 3.94. The van der Waals surface area contributed by atoms with Gasteiger partial charge in [0.25, 0.3) is 0 Å². The Morgan fingerprint density at radius 3 is 2.50 bits per heavy atom. The van der Waals surface area contributed by atoms with Crippen LogP contribution in [0.25, 0.3) is 0 Å². The van der Waals surface area contributed by atoms with Gasteiger partial charge in [-0.2, -0.15) is 0 Å². The minimum atomic E-state index is -1.44. The summed E-state index contributed by atoms with van der Waals surface area (Å²) in [6.45, 7) is 1.99. The Kier molecular flexibility index (Phi) is 3.15. The Bertz CT molecular complexity index is 276. The van der Waals surface area contributed by atoms with Crippen LogP contribution in [0.5, 0.6) is 0 Å². The molecule has 4 heteroatoms. The summed E-state index contributed by atoms with van der Waals surface area (Å²) in [5, 5.41) is 18.3. The summed E-state index contributed by atoms with van der Waals surface area (Å²) in [7, 11) is -1.44. The van der Waals surface area contributed by atoms with Crippen molar-refractivity contribution in [2.75, 3.05) is 0 Å². The van der Waals surface area contributed by atoms with E-state index in [1.54, 1.807) is 12.1 Å². The van der Waals surface area contributed by atoms with Crippen LogP contribution in [0.4, 0.5) is 0 Å². The van der Waals surface area contributed by atoms with Crippen molar-refractivity contribution in [3.05, 3.63) is 28.8 Å². The number of halogens is 1. The third kappa shape index (κ3) is 2.24. The molecule has 0 bridgehead atoms. The average Bonchev–Trinajstić information content (AvgIpc) is 2.03. The third-order valence-corrected chi connectivity index (χ3v) is 1.90. The van der Waals surface area contributed by atoms with Crippen molar-refractivity contribution >= 4 is 24.2 Å². The smallest absolute Gasteiger partial charge is 0.423 e. The molecule has 0 spiro atoms. The average molecular weight is 184 g/mol. The molecule has 0 amide bonds. The van der Waals surface area contributed by atoms with Gasteiger partial charge in [-0.3, -0.25) is 0 Å². The highest BCUT2D eigenvalue weighted by Gasteiger charge is 2.11. The Morgan fingerprint density at radius 1 is 1.33 bits per heavy atom. The van der Waals surface area contributed by atoms with Crippen LogP contribution in [0, 0.1) is 0 Å². The van der Waals surface area contributed by atoms with Crippen molar-refractivity contribution in [3.8, 4) is 0 Å². The van der Waals surface area contributed by atoms with Gasteiger partial charge >= 0.3 is 7.12 Å². The molecule has 2 nitrogen and oxygen atoms in total. The van der Waals surface area contributed by atoms with Gasteiger partial charge in [-0.25, -0.2) is 0 Å². The lowest BCUT2D eigenvalue weighted by molar-refractivity contribution is 0.425. The van der Waals surface area contributed by atoms with Crippen molar-refractivity contribution in [1.29, 1.82) is 0 Å². The highest BCUT2D eigenvalue weighted by Crippen LogP contribution is 2.09. The van der Waals surface area contributed by atoms with E-state index >= 15 is 0 Å². The van der Waals surface area contributed by atoms with Crippen LogP contribution in [-0.4, -0.2) is 17.2 Å². The van der Waals surface area contributed by atoms with Crippen LogP contribution in [0.2, 0.25) is 5.02 Å². The van der Waals surface area contributed by atoms with Crippen molar-refractivity contribution in [2.24, 2.45) is 0 Å². The monoisotopic (exact) mass is 184 g/mol. The Labute approximate surface area is 76.9 Å². The standard InChI is InChI=1S/C8H10BClO2/c1-2-6-3-7(9(11)12)5-8(10)4-6/h3-5,11-12H,2H2,1H3. The number of benzene rings is 1. The fourth-order valence-electron chi connectivity index (χ4n) is 1.03. The lowest BCUT2D eigenvalue weighted by Gasteiger charge is -2.03. The van der Waals surface area contributed by atoms with Crippen LogP contribution in [0.3, 0.4) is 0 Å². The summed E-state index contributed by atoms with van der Waals surface area (Å²) >= 11 is 5.75. The maximum absolute atomic E-state index is 8.87. The van der Waals surface area contributed by atoms with Crippen LogP contribution >= 0.6 is 11.6 Å². The number of hydrogen-bond donors (Lipinski definition) is 2. The van der Waals surface area contributed by atoms with Crippen LogP contribution in [0.15, 0.2) is 18.2 Å². The number of rotatable bonds is 2. The first kappa shape index (κ1) is 9.58. The van der Waals surface area contributed by atoms with Gasteiger partial charge in [0.1, 0.15) is 0 Å². The quantitative estimate of drug-likeness (QED) is 0.660. The Hall–Kier alpha value is -0.505. The summed E-state index contributed by atoms with van der Waals surface area (Å²) in [4.78, 5) is 0. The molecule has 0 atom stereocenters. The highest BCUT2D eigenvalue weighted by atomic mass is 35.5. The van der Waals surface area contributed by atoms with Crippen LogP contribution in [-0.2, 0) is 6.42 Å². The van der Waals surface area contributed by atoms with E-state index in [0.29, 0.717) is 10.5 Å². The minimum Gasteiger partial charge on any atom is -0.423 e. The van der Waals surface area contributed by atoms with Crippen molar-refractivity contribution in [2.45, 2.75) is 13.3 Å². The van der Waals surface area contributed by atoms with Crippen molar-refractivity contribution < 1.29 is 10.0 Å². The first-order valence-corrected chi connectivity index (χ1v) is 4.16. The van der Waals surface area contributed by atoms with E-state index in [4.69, 9.17) is 21.6 Å². The minimum absolute atomic E-state index is 0.444. The molecule has 0 heterocycles. The third-order valence-electron chi connectivity index (χ3n) is 1.69. The molecule has 0 saturated carbocycles. The first-order valence-electron chi connectivity index (χ1n) is 3.79. The molecule has 0 aliphatic rings. The molecule has 0 aliphatic carbocycles. The molecular weight excluding hydrogens is 174 g/mol.